The van der Waals surface area contributed by atoms with Crippen LogP contribution in [0.1, 0.15) is 24.3 Å². The summed E-state index contributed by atoms with van der Waals surface area (Å²) in [5.74, 6) is -0.114. The molecule has 0 fully saturated rings. The van der Waals surface area contributed by atoms with Gasteiger partial charge in [-0.25, -0.2) is 0 Å². The standard InChI is InChI=1S/C11H16N2O2S/c1-8(14)12-9(7-11(15)13(2)3)10-5-4-6-16-10/h4-6,9H,7H2,1-3H3,(H,12,14). The smallest absolute Gasteiger partial charge is 0.224 e. The Morgan fingerprint density at radius 1 is 1.50 bits per heavy atom. The molecule has 1 unspecified atom stereocenters. The van der Waals surface area contributed by atoms with E-state index in [1.807, 2.05) is 17.5 Å². The molecule has 0 radical (unpaired) electrons. The molecule has 2 amide bonds. The zero-order chi connectivity index (χ0) is 12.1. The van der Waals surface area contributed by atoms with E-state index in [1.165, 1.54) is 11.8 Å². The highest BCUT2D eigenvalue weighted by molar-refractivity contribution is 7.10. The molecule has 0 aliphatic carbocycles. The van der Waals surface area contributed by atoms with Crippen LogP contribution in [-0.2, 0) is 9.59 Å². The highest BCUT2D eigenvalue weighted by Crippen LogP contribution is 2.22. The van der Waals surface area contributed by atoms with Crippen molar-refractivity contribution in [1.29, 1.82) is 0 Å². The fourth-order valence-corrected chi connectivity index (χ4v) is 2.09. The van der Waals surface area contributed by atoms with Crippen LogP contribution in [0.25, 0.3) is 0 Å². The summed E-state index contributed by atoms with van der Waals surface area (Å²) in [6, 6.07) is 3.62. The Balaban J connectivity index is 2.72. The molecule has 0 saturated carbocycles. The molecule has 0 aliphatic heterocycles. The first-order valence-electron chi connectivity index (χ1n) is 5.01. The van der Waals surface area contributed by atoms with Crippen LogP contribution in [0.5, 0.6) is 0 Å². The topological polar surface area (TPSA) is 49.4 Å². The molecular weight excluding hydrogens is 224 g/mol. The van der Waals surface area contributed by atoms with Gasteiger partial charge in [-0.15, -0.1) is 11.3 Å². The zero-order valence-corrected chi connectivity index (χ0v) is 10.5. The quantitative estimate of drug-likeness (QED) is 0.865. The first kappa shape index (κ1) is 12.7. The molecule has 0 spiro atoms. The minimum absolute atomic E-state index is 0.00662. The van der Waals surface area contributed by atoms with E-state index in [1.54, 1.807) is 25.4 Å². The molecule has 1 N–H and O–H groups in total. The third-order valence-electron chi connectivity index (χ3n) is 2.14. The monoisotopic (exact) mass is 240 g/mol. The third-order valence-corrected chi connectivity index (χ3v) is 3.13. The van der Waals surface area contributed by atoms with Crippen LogP contribution < -0.4 is 5.32 Å². The SMILES string of the molecule is CC(=O)NC(CC(=O)N(C)C)c1cccs1. The predicted octanol–water partition coefficient (Wildman–Crippen LogP) is 1.40. The van der Waals surface area contributed by atoms with Gasteiger partial charge in [0.2, 0.25) is 11.8 Å². The molecule has 4 nitrogen and oxygen atoms in total. The van der Waals surface area contributed by atoms with Gasteiger partial charge in [-0.05, 0) is 11.4 Å². The third kappa shape index (κ3) is 3.66. The van der Waals surface area contributed by atoms with E-state index >= 15 is 0 Å². The summed E-state index contributed by atoms with van der Waals surface area (Å²) >= 11 is 1.54. The fraction of sp³-hybridized carbons (Fsp3) is 0.455. The van der Waals surface area contributed by atoms with Gasteiger partial charge in [-0.2, -0.15) is 0 Å². The van der Waals surface area contributed by atoms with Crippen LogP contribution in [0.2, 0.25) is 0 Å². The van der Waals surface area contributed by atoms with Crippen molar-refractivity contribution in [3.8, 4) is 0 Å². The maximum absolute atomic E-state index is 11.6. The Bertz CT molecular complexity index is 360. The normalized spacial score (nSPS) is 11.9. The average molecular weight is 240 g/mol. The van der Waals surface area contributed by atoms with Crippen molar-refractivity contribution in [2.45, 2.75) is 19.4 Å². The van der Waals surface area contributed by atoms with E-state index in [-0.39, 0.29) is 17.9 Å². The molecule has 0 saturated heterocycles. The van der Waals surface area contributed by atoms with Crippen molar-refractivity contribution in [3.63, 3.8) is 0 Å². The second kappa shape index (κ2) is 5.65. The second-order valence-electron chi connectivity index (χ2n) is 3.76. The van der Waals surface area contributed by atoms with Gasteiger partial charge in [0.05, 0.1) is 12.5 Å². The van der Waals surface area contributed by atoms with E-state index in [0.717, 1.165) is 4.88 Å². The van der Waals surface area contributed by atoms with Crippen LogP contribution in [0.15, 0.2) is 17.5 Å². The number of hydrogen-bond acceptors (Lipinski definition) is 3. The van der Waals surface area contributed by atoms with Gasteiger partial charge >= 0.3 is 0 Å². The van der Waals surface area contributed by atoms with Crippen molar-refractivity contribution in [3.05, 3.63) is 22.4 Å². The molecule has 1 heterocycles. The average Bonchev–Trinajstić information content (AvgIpc) is 2.68. The van der Waals surface area contributed by atoms with Crippen molar-refractivity contribution in [2.75, 3.05) is 14.1 Å². The number of hydrogen-bond donors (Lipinski definition) is 1. The summed E-state index contributed by atoms with van der Waals surface area (Å²) in [7, 11) is 3.42. The Kier molecular flexibility index (Phi) is 4.49. The van der Waals surface area contributed by atoms with Crippen molar-refractivity contribution >= 4 is 23.2 Å². The number of nitrogens with one attached hydrogen (secondary N) is 1. The van der Waals surface area contributed by atoms with Crippen molar-refractivity contribution in [1.82, 2.24) is 10.2 Å². The highest BCUT2D eigenvalue weighted by atomic mass is 32.1. The van der Waals surface area contributed by atoms with Crippen LogP contribution in [0.4, 0.5) is 0 Å². The fourth-order valence-electron chi connectivity index (χ4n) is 1.31. The van der Waals surface area contributed by atoms with Gasteiger partial charge in [0.1, 0.15) is 0 Å². The van der Waals surface area contributed by atoms with E-state index in [2.05, 4.69) is 5.32 Å². The highest BCUT2D eigenvalue weighted by Gasteiger charge is 2.18. The number of carbonyl (C=O) groups excluding carboxylic acids is 2. The van der Waals surface area contributed by atoms with E-state index < -0.39 is 0 Å². The van der Waals surface area contributed by atoms with E-state index in [9.17, 15) is 9.59 Å². The molecule has 1 atom stereocenters. The maximum atomic E-state index is 11.6. The number of amides is 2. The lowest BCUT2D eigenvalue weighted by Crippen LogP contribution is -2.31. The summed E-state index contributed by atoms with van der Waals surface area (Å²) in [5.41, 5.74) is 0. The van der Waals surface area contributed by atoms with Crippen molar-refractivity contribution < 1.29 is 9.59 Å². The van der Waals surface area contributed by atoms with Crippen LogP contribution in [0.3, 0.4) is 0 Å². The van der Waals surface area contributed by atoms with Gasteiger partial charge < -0.3 is 10.2 Å². The number of rotatable bonds is 4. The summed E-state index contributed by atoms with van der Waals surface area (Å²) < 4.78 is 0. The summed E-state index contributed by atoms with van der Waals surface area (Å²) in [5, 5.41) is 4.73. The van der Waals surface area contributed by atoms with Gasteiger partial charge in [0, 0.05) is 25.9 Å². The number of thiophene rings is 1. The summed E-state index contributed by atoms with van der Waals surface area (Å²) in [6.07, 6.45) is 0.299. The Hall–Kier alpha value is -1.36. The van der Waals surface area contributed by atoms with E-state index in [4.69, 9.17) is 0 Å². The van der Waals surface area contributed by atoms with Gasteiger partial charge in [-0.1, -0.05) is 6.07 Å². The minimum atomic E-state index is -0.215. The Morgan fingerprint density at radius 3 is 2.62 bits per heavy atom. The van der Waals surface area contributed by atoms with Gasteiger partial charge in [0.25, 0.3) is 0 Å². The van der Waals surface area contributed by atoms with Gasteiger partial charge in [-0.3, -0.25) is 9.59 Å². The number of carbonyl (C=O) groups is 2. The van der Waals surface area contributed by atoms with Crippen LogP contribution in [-0.4, -0.2) is 30.8 Å². The predicted molar refractivity (Wildman–Crippen MR) is 64.2 cm³/mol. The number of nitrogens with zero attached hydrogens (tertiary/aromatic N) is 1. The first-order valence-corrected chi connectivity index (χ1v) is 5.89. The Morgan fingerprint density at radius 2 is 2.19 bits per heavy atom. The lowest BCUT2D eigenvalue weighted by molar-refractivity contribution is -0.129. The van der Waals surface area contributed by atoms with E-state index in [0.29, 0.717) is 6.42 Å². The minimum Gasteiger partial charge on any atom is -0.349 e. The lowest BCUT2D eigenvalue weighted by atomic mass is 10.1. The maximum Gasteiger partial charge on any atom is 0.224 e. The second-order valence-corrected chi connectivity index (χ2v) is 4.74. The molecule has 1 aromatic heterocycles. The molecule has 0 aliphatic rings. The Labute approximate surface area is 99.3 Å². The molecule has 0 aromatic carbocycles. The summed E-state index contributed by atoms with van der Waals surface area (Å²) in [6.45, 7) is 1.46. The molecule has 1 aromatic rings. The zero-order valence-electron chi connectivity index (χ0n) is 9.69. The molecule has 1 rings (SSSR count). The molecule has 0 bridgehead atoms. The molecular formula is C11H16N2O2S. The lowest BCUT2D eigenvalue weighted by Gasteiger charge is -2.18. The largest absolute Gasteiger partial charge is 0.349 e. The molecule has 5 heteroatoms. The van der Waals surface area contributed by atoms with Crippen LogP contribution in [0, 0.1) is 0 Å². The first-order chi connectivity index (χ1) is 7.50. The molecule has 88 valence electrons. The van der Waals surface area contributed by atoms with Crippen LogP contribution >= 0.6 is 11.3 Å². The molecule has 16 heavy (non-hydrogen) atoms. The van der Waals surface area contributed by atoms with Gasteiger partial charge in [0.15, 0.2) is 0 Å². The summed E-state index contributed by atoms with van der Waals surface area (Å²) in [4.78, 5) is 25.2. The van der Waals surface area contributed by atoms with Crippen molar-refractivity contribution in [2.24, 2.45) is 0 Å².